The maximum atomic E-state index is 13.3. The van der Waals surface area contributed by atoms with E-state index in [1.165, 1.54) is 0 Å². The largest absolute Gasteiger partial charge is 0.465 e. The number of pyridine rings is 1. The Labute approximate surface area is 195 Å². The van der Waals surface area contributed by atoms with Gasteiger partial charge in [0.1, 0.15) is 11.5 Å². The molecule has 0 fully saturated rings. The van der Waals surface area contributed by atoms with Gasteiger partial charge in [-0.3, -0.25) is 4.79 Å². The van der Waals surface area contributed by atoms with Gasteiger partial charge in [0.15, 0.2) is 12.4 Å². The standard InChI is InChI=1S/C26H23N3O5/c1-15-10-17(13-18-6-5-9-32-18)25-20(11-15)24(19-7-3-4-8-21(19)27-25)26(31)33-14-23(30)28-22-12-16(2)34-29-22/h3-9,12-13,15H,10-11,14H2,1-2H3,(H,28,29,30)/b17-13+. The Hall–Kier alpha value is -4.20. The van der Waals surface area contributed by atoms with Crippen molar-refractivity contribution in [3.8, 4) is 0 Å². The van der Waals surface area contributed by atoms with E-state index in [1.54, 1.807) is 19.3 Å². The zero-order valence-electron chi connectivity index (χ0n) is 18.8. The van der Waals surface area contributed by atoms with Crippen LogP contribution in [0.15, 0.2) is 57.7 Å². The molecule has 172 valence electrons. The number of hydrogen-bond acceptors (Lipinski definition) is 7. The molecule has 1 unspecified atom stereocenters. The van der Waals surface area contributed by atoms with Crippen LogP contribution in [0.2, 0.25) is 0 Å². The Morgan fingerprint density at radius 3 is 2.82 bits per heavy atom. The van der Waals surface area contributed by atoms with Crippen molar-refractivity contribution in [3.63, 3.8) is 0 Å². The molecule has 0 saturated heterocycles. The summed E-state index contributed by atoms with van der Waals surface area (Å²) in [5, 5.41) is 6.97. The SMILES string of the molecule is Cc1cc(NC(=O)COC(=O)c2c3c(nc4ccccc24)/C(=C/c2ccco2)CC(C)C3)no1. The van der Waals surface area contributed by atoms with Gasteiger partial charge in [0.2, 0.25) is 0 Å². The topological polar surface area (TPSA) is 107 Å². The van der Waals surface area contributed by atoms with Crippen molar-refractivity contribution in [1.29, 1.82) is 0 Å². The quantitative estimate of drug-likeness (QED) is 0.418. The van der Waals surface area contributed by atoms with E-state index >= 15 is 0 Å². The van der Waals surface area contributed by atoms with Crippen molar-refractivity contribution in [3.05, 3.63) is 77.1 Å². The molecule has 1 aliphatic carbocycles. The number of benzene rings is 1. The van der Waals surface area contributed by atoms with Crippen molar-refractivity contribution in [2.75, 3.05) is 11.9 Å². The van der Waals surface area contributed by atoms with E-state index in [4.69, 9.17) is 18.7 Å². The minimum atomic E-state index is -0.562. The Morgan fingerprint density at radius 2 is 2.06 bits per heavy atom. The molecule has 1 aliphatic rings. The summed E-state index contributed by atoms with van der Waals surface area (Å²) in [6.07, 6.45) is 5.09. The summed E-state index contributed by atoms with van der Waals surface area (Å²) in [4.78, 5) is 30.5. The number of carbonyl (C=O) groups excluding carboxylic acids is 2. The minimum Gasteiger partial charge on any atom is -0.465 e. The summed E-state index contributed by atoms with van der Waals surface area (Å²) in [5.74, 6) is 0.797. The molecule has 3 heterocycles. The highest BCUT2D eigenvalue weighted by Gasteiger charge is 2.29. The van der Waals surface area contributed by atoms with E-state index in [0.29, 0.717) is 34.6 Å². The van der Waals surface area contributed by atoms with Crippen LogP contribution in [-0.2, 0) is 16.0 Å². The molecular weight excluding hydrogens is 434 g/mol. The number of carbonyl (C=O) groups is 2. The molecule has 4 aromatic rings. The highest BCUT2D eigenvalue weighted by Crippen LogP contribution is 2.38. The smallest absolute Gasteiger partial charge is 0.339 e. The maximum Gasteiger partial charge on any atom is 0.339 e. The summed E-state index contributed by atoms with van der Waals surface area (Å²) in [6, 6.07) is 12.8. The summed E-state index contributed by atoms with van der Waals surface area (Å²) in [7, 11) is 0. The van der Waals surface area contributed by atoms with E-state index < -0.39 is 18.5 Å². The lowest BCUT2D eigenvalue weighted by molar-refractivity contribution is -0.119. The average molecular weight is 457 g/mol. The highest BCUT2D eigenvalue weighted by atomic mass is 16.5. The molecular formula is C26H23N3O5. The van der Waals surface area contributed by atoms with E-state index in [2.05, 4.69) is 17.4 Å². The Bertz CT molecular complexity index is 1400. The first-order chi connectivity index (χ1) is 16.5. The monoisotopic (exact) mass is 457 g/mol. The number of hydrogen-bond donors (Lipinski definition) is 1. The predicted octanol–water partition coefficient (Wildman–Crippen LogP) is 5.04. The zero-order chi connectivity index (χ0) is 23.7. The van der Waals surface area contributed by atoms with Crippen LogP contribution in [0, 0.1) is 12.8 Å². The van der Waals surface area contributed by atoms with Crippen LogP contribution in [0.4, 0.5) is 5.82 Å². The van der Waals surface area contributed by atoms with Crippen LogP contribution >= 0.6 is 0 Å². The number of furan rings is 1. The molecule has 34 heavy (non-hydrogen) atoms. The van der Waals surface area contributed by atoms with Crippen LogP contribution in [0.5, 0.6) is 0 Å². The normalized spacial score (nSPS) is 16.4. The summed E-state index contributed by atoms with van der Waals surface area (Å²) >= 11 is 0. The maximum absolute atomic E-state index is 13.3. The van der Waals surface area contributed by atoms with Gasteiger partial charge in [-0.2, -0.15) is 0 Å². The fourth-order valence-corrected chi connectivity index (χ4v) is 4.32. The van der Waals surface area contributed by atoms with Gasteiger partial charge in [0, 0.05) is 11.5 Å². The molecule has 0 saturated carbocycles. The number of allylic oxidation sites excluding steroid dienone is 1. The third kappa shape index (κ3) is 4.34. The van der Waals surface area contributed by atoms with E-state index in [0.717, 1.165) is 29.0 Å². The first kappa shape index (κ1) is 21.6. The van der Waals surface area contributed by atoms with Gasteiger partial charge in [-0.15, -0.1) is 0 Å². The summed E-state index contributed by atoms with van der Waals surface area (Å²) in [6.45, 7) is 3.41. The van der Waals surface area contributed by atoms with Crippen molar-refractivity contribution >= 4 is 40.2 Å². The van der Waals surface area contributed by atoms with Gasteiger partial charge >= 0.3 is 5.97 Å². The lowest BCUT2D eigenvalue weighted by Crippen LogP contribution is -2.23. The first-order valence-corrected chi connectivity index (χ1v) is 11.0. The molecule has 1 aromatic carbocycles. The van der Waals surface area contributed by atoms with Gasteiger partial charge in [-0.1, -0.05) is 30.3 Å². The van der Waals surface area contributed by atoms with Crippen molar-refractivity contribution in [1.82, 2.24) is 10.1 Å². The molecule has 0 aliphatic heterocycles. The van der Waals surface area contributed by atoms with Gasteiger partial charge in [-0.25, -0.2) is 9.78 Å². The molecule has 1 atom stereocenters. The molecule has 0 radical (unpaired) electrons. The summed E-state index contributed by atoms with van der Waals surface area (Å²) in [5.41, 5.74) is 3.73. The second-order valence-electron chi connectivity index (χ2n) is 8.48. The van der Waals surface area contributed by atoms with Gasteiger partial charge < -0.3 is 19.0 Å². The fourth-order valence-electron chi connectivity index (χ4n) is 4.32. The van der Waals surface area contributed by atoms with E-state index in [1.807, 2.05) is 42.5 Å². The molecule has 8 heteroatoms. The predicted molar refractivity (Wildman–Crippen MR) is 126 cm³/mol. The van der Waals surface area contributed by atoms with Crippen molar-refractivity contribution < 1.29 is 23.3 Å². The fraction of sp³-hybridized carbons (Fsp3) is 0.231. The Morgan fingerprint density at radius 1 is 1.21 bits per heavy atom. The van der Waals surface area contributed by atoms with Crippen LogP contribution in [0.3, 0.4) is 0 Å². The van der Waals surface area contributed by atoms with Gasteiger partial charge in [0.25, 0.3) is 5.91 Å². The second-order valence-corrected chi connectivity index (χ2v) is 8.48. The zero-order valence-corrected chi connectivity index (χ0v) is 18.8. The minimum absolute atomic E-state index is 0.270. The molecule has 1 amide bonds. The molecule has 0 bridgehead atoms. The second kappa shape index (κ2) is 8.97. The number of nitrogens with one attached hydrogen (secondary N) is 1. The van der Waals surface area contributed by atoms with Crippen LogP contribution in [0.25, 0.3) is 22.6 Å². The number of esters is 1. The third-order valence-electron chi connectivity index (χ3n) is 5.71. The number of aromatic nitrogens is 2. The van der Waals surface area contributed by atoms with E-state index in [-0.39, 0.29) is 5.82 Å². The molecule has 5 rings (SSSR count). The van der Waals surface area contributed by atoms with Gasteiger partial charge in [-0.05, 0) is 61.1 Å². The van der Waals surface area contributed by atoms with E-state index in [9.17, 15) is 9.59 Å². The van der Waals surface area contributed by atoms with Crippen molar-refractivity contribution in [2.45, 2.75) is 26.7 Å². The average Bonchev–Trinajstić information content (AvgIpc) is 3.47. The number of amides is 1. The van der Waals surface area contributed by atoms with Crippen LogP contribution in [0.1, 0.15) is 46.5 Å². The van der Waals surface area contributed by atoms with Gasteiger partial charge in [0.05, 0.1) is 23.0 Å². The number of anilines is 1. The molecule has 3 aromatic heterocycles. The van der Waals surface area contributed by atoms with Crippen LogP contribution in [-0.4, -0.2) is 28.6 Å². The first-order valence-electron chi connectivity index (χ1n) is 11.0. The lowest BCUT2D eigenvalue weighted by atomic mass is 9.81. The summed E-state index contributed by atoms with van der Waals surface area (Å²) < 4.78 is 15.9. The molecule has 1 N–H and O–H groups in total. The number of para-hydroxylation sites is 1. The highest BCUT2D eigenvalue weighted by molar-refractivity contribution is 6.07. The third-order valence-corrected chi connectivity index (χ3v) is 5.71. The molecule has 8 nitrogen and oxygen atoms in total. The number of fused-ring (bicyclic) bond motifs is 2. The van der Waals surface area contributed by atoms with Crippen molar-refractivity contribution in [2.24, 2.45) is 5.92 Å². The number of aryl methyl sites for hydroxylation is 1. The lowest BCUT2D eigenvalue weighted by Gasteiger charge is -2.26. The number of ether oxygens (including phenoxy) is 1. The molecule has 0 spiro atoms. The number of rotatable bonds is 5. The Balaban J connectivity index is 1.49. The van der Waals surface area contributed by atoms with Crippen LogP contribution < -0.4 is 5.32 Å². The Kier molecular flexibility index (Phi) is 5.71. The number of nitrogens with zero attached hydrogens (tertiary/aromatic N) is 2.